The Morgan fingerprint density at radius 3 is 2.41 bits per heavy atom. The molecular weight excluding hydrogens is 291 g/mol. The second-order valence-corrected chi connectivity index (χ2v) is 5.39. The number of hydrogen-bond acceptors (Lipinski definition) is 1. The molecule has 0 amide bonds. The van der Waals surface area contributed by atoms with Crippen molar-refractivity contribution in [3.8, 4) is 5.69 Å². The summed E-state index contributed by atoms with van der Waals surface area (Å²) in [5, 5.41) is 0. The Morgan fingerprint density at radius 1 is 1.14 bits per heavy atom. The predicted molar refractivity (Wildman–Crippen MR) is 76.7 cm³/mol. The number of hydrogen-bond donors (Lipinski definition) is 0. The van der Waals surface area contributed by atoms with Gasteiger partial charge in [-0.1, -0.05) is 18.2 Å². The highest BCUT2D eigenvalue weighted by Crippen LogP contribution is 2.30. The van der Waals surface area contributed by atoms with Crippen molar-refractivity contribution in [2.24, 2.45) is 0 Å². The monoisotopic (exact) mass is 306 g/mol. The summed E-state index contributed by atoms with van der Waals surface area (Å²) >= 11 is 0. The summed E-state index contributed by atoms with van der Waals surface area (Å²) in [6.07, 6.45) is -1.73. The standard InChI is InChI=1S/C16H15F3N3/c1-11(2)21-10-22(13-6-4-3-5-7-13)15-14(21)8-12(9-20-15)16(17,18)19/h3-11H,1-2H3/q+1. The summed E-state index contributed by atoms with van der Waals surface area (Å²) < 4.78 is 42.4. The summed E-state index contributed by atoms with van der Waals surface area (Å²) in [5.74, 6) is 0. The molecule has 0 atom stereocenters. The van der Waals surface area contributed by atoms with E-state index in [0.29, 0.717) is 11.2 Å². The topological polar surface area (TPSA) is 21.7 Å². The molecule has 0 spiro atoms. The Labute approximate surface area is 125 Å². The maximum atomic E-state index is 12.9. The lowest BCUT2D eigenvalue weighted by Crippen LogP contribution is -2.34. The van der Waals surface area contributed by atoms with Crippen LogP contribution in [0.5, 0.6) is 0 Å². The molecule has 22 heavy (non-hydrogen) atoms. The Morgan fingerprint density at radius 2 is 1.82 bits per heavy atom. The third-order valence-corrected chi connectivity index (χ3v) is 3.51. The molecule has 0 unspecified atom stereocenters. The Balaban J connectivity index is 2.28. The maximum absolute atomic E-state index is 12.9. The van der Waals surface area contributed by atoms with Crippen molar-refractivity contribution in [1.29, 1.82) is 0 Å². The van der Waals surface area contributed by atoms with Crippen LogP contribution in [0.25, 0.3) is 16.9 Å². The fraction of sp³-hybridized carbons (Fsp3) is 0.250. The smallest absolute Gasteiger partial charge is 0.226 e. The van der Waals surface area contributed by atoms with Gasteiger partial charge in [0.1, 0.15) is 5.69 Å². The largest absolute Gasteiger partial charge is 0.418 e. The van der Waals surface area contributed by atoms with Crippen molar-refractivity contribution in [2.75, 3.05) is 0 Å². The molecule has 114 valence electrons. The van der Waals surface area contributed by atoms with Crippen molar-refractivity contribution in [2.45, 2.75) is 26.1 Å². The molecule has 0 bridgehead atoms. The van der Waals surface area contributed by atoms with Gasteiger partial charge in [-0.25, -0.2) is 9.55 Å². The van der Waals surface area contributed by atoms with Crippen molar-refractivity contribution in [3.63, 3.8) is 0 Å². The van der Waals surface area contributed by atoms with E-state index >= 15 is 0 Å². The molecule has 3 aromatic rings. The van der Waals surface area contributed by atoms with Crippen LogP contribution in [0, 0.1) is 0 Å². The first kappa shape index (κ1) is 14.6. The molecule has 0 radical (unpaired) electrons. The van der Waals surface area contributed by atoms with Gasteiger partial charge in [0, 0.05) is 12.3 Å². The first-order valence-corrected chi connectivity index (χ1v) is 6.93. The van der Waals surface area contributed by atoms with Crippen LogP contribution in [0.15, 0.2) is 48.9 Å². The SMILES string of the molecule is CC(C)[n+]1cn(-c2ccccc2)c2ncc(C(F)(F)F)cc21. The molecular formula is C16H15F3N3+. The third-order valence-electron chi connectivity index (χ3n) is 3.51. The molecule has 6 heteroatoms. The number of fused-ring (bicyclic) bond motifs is 1. The van der Waals surface area contributed by atoms with Crippen LogP contribution < -0.4 is 4.57 Å². The van der Waals surface area contributed by atoms with Gasteiger partial charge in [0.15, 0.2) is 5.52 Å². The number of imidazole rings is 1. The van der Waals surface area contributed by atoms with Crippen LogP contribution in [0.2, 0.25) is 0 Å². The molecule has 0 aliphatic heterocycles. The van der Waals surface area contributed by atoms with Crippen LogP contribution in [0.1, 0.15) is 25.5 Å². The minimum Gasteiger partial charge on any atom is -0.226 e. The zero-order valence-corrected chi connectivity index (χ0v) is 12.2. The molecule has 0 aliphatic carbocycles. The number of para-hydroxylation sites is 1. The molecule has 0 fully saturated rings. The number of nitrogens with zero attached hydrogens (tertiary/aromatic N) is 3. The van der Waals surface area contributed by atoms with Crippen LogP contribution in [0.3, 0.4) is 0 Å². The van der Waals surface area contributed by atoms with Gasteiger partial charge in [0.05, 0.1) is 11.6 Å². The number of alkyl halides is 3. The second-order valence-electron chi connectivity index (χ2n) is 5.39. The fourth-order valence-corrected chi connectivity index (χ4v) is 2.41. The van der Waals surface area contributed by atoms with Gasteiger partial charge in [-0.05, 0) is 26.0 Å². The van der Waals surface area contributed by atoms with Crippen LogP contribution >= 0.6 is 0 Å². The van der Waals surface area contributed by atoms with Gasteiger partial charge in [-0.3, -0.25) is 0 Å². The van der Waals surface area contributed by atoms with Crippen molar-refractivity contribution in [1.82, 2.24) is 9.55 Å². The fourth-order valence-electron chi connectivity index (χ4n) is 2.41. The Kier molecular flexibility index (Phi) is 3.39. The lowest BCUT2D eigenvalue weighted by atomic mass is 10.2. The van der Waals surface area contributed by atoms with Crippen molar-refractivity contribution in [3.05, 3.63) is 54.5 Å². The Bertz CT molecular complexity index is 805. The molecule has 3 nitrogen and oxygen atoms in total. The predicted octanol–water partition coefficient (Wildman–Crippen LogP) is 3.91. The summed E-state index contributed by atoms with van der Waals surface area (Å²) in [5.41, 5.74) is 1.10. The van der Waals surface area contributed by atoms with E-state index in [9.17, 15) is 13.2 Å². The summed E-state index contributed by atoms with van der Waals surface area (Å²) in [6.45, 7) is 3.85. The number of pyridine rings is 1. The molecule has 3 rings (SSSR count). The van der Waals surface area contributed by atoms with Gasteiger partial charge in [-0.2, -0.15) is 17.7 Å². The number of halogens is 3. The molecule has 2 aromatic heterocycles. The van der Waals surface area contributed by atoms with Gasteiger partial charge < -0.3 is 0 Å². The normalized spacial score (nSPS) is 12.3. The molecule has 1 aromatic carbocycles. The molecule has 0 N–H and O–H groups in total. The number of benzene rings is 1. The van der Waals surface area contributed by atoms with E-state index in [2.05, 4.69) is 4.98 Å². The maximum Gasteiger partial charge on any atom is 0.418 e. The highest BCUT2D eigenvalue weighted by molar-refractivity contribution is 5.70. The second kappa shape index (κ2) is 5.12. The van der Waals surface area contributed by atoms with Gasteiger partial charge in [-0.15, -0.1) is 0 Å². The van der Waals surface area contributed by atoms with Gasteiger partial charge in [0.25, 0.3) is 12.0 Å². The summed E-state index contributed by atoms with van der Waals surface area (Å²) in [4.78, 5) is 4.05. The van der Waals surface area contributed by atoms with E-state index in [0.717, 1.165) is 18.0 Å². The highest BCUT2D eigenvalue weighted by Gasteiger charge is 2.33. The average Bonchev–Trinajstić information content (AvgIpc) is 2.86. The van der Waals surface area contributed by atoms with E-state index in [1.807, 2.05) is 44.2 Å². The Hall–Kier alpha value is -2.37. The minimum atomic E-state index is -4.40. The van der Waals surface area contributed by atoms with E-state index in [4.69, 9.17) is 0 Å². The van der Waals surface area contributed by atoms with Crippen LogP contribution in [0.4, 0.5) is 13.2 Å². The van der Waals surface area contributed by atoms with Gasteiger partial charge >= 0.3 is 6.18 Å². The highest BCUT2D eigenvalue weighted by atomic mass is 19.4. The number of rotatable bonds is 2. The van der Waals surface area contributed by atoms with Crippen LogP contribution in [-0.4, -0.2) is 9.55 Å². The van der Waals surface area contributed by atoms with Crippen molar-refractivity contribution < 1.29 is 17.7 Å². The minimum absolute atomic E-state index is 0.0257. The van der Waals surface area contributed by atoms with Crippen LogP contribution in [-0.2, 0) is 6.18 Å². The average molecular weight is 306 g/mol. The van der Waals surface area contributed by atoms with Crippen molar-refractivity contribution >= 4 is 11.2 Å². The van der Waals surface area contributed by atoms with E-state index < -0.39 is 11.7 Å². The molecule has 0 saturated carbocycles. The zero-order chi connectivity index (χ0) is 15.9. The first-order valence-electron chi connectivity index (χ1n) is 6.93. The number of aromatic nitrogens is 3. The zero-order valence-electron chi connectivity index (χ0n) is 12.2. The first-order chi connectivity index (χ1) is 10.4. The molecule has 0 saturated heterocycles. The lowest BCUT2D eigenvalue weighted by Gasteiger charge is -2.05. The van der Waals surface area contributed by atoms with E-state index in [1.165, 1.54) is 0 Å². The summed E-state index contributed by atoms with van der Waals surface area (Å²) in [7, 11) is 0. The quantitative estimate of drug-likeness (QED) is 0.658. The lowest BCUT2D eigenvalue weighted by molar-refractivity contribution is -0.691. The van der Waals surface area contributed by atoms with E-state index in [1.54, 1.807) is 15.5 Å². The molecule has 2 heterocycles. The third kappa shape index (κ3) is 2.45. The summed E-state index contributed by atoms with van der Waals surface area (Å²) in [6, 6.07) is 10.6. The van der Waals surface area contributed by atoms with Gasteiger partial charge in [0.2, 0.25) is 0 Å². The van der Waals surface area contributed by atoms with E-state index in [-0.39, 0.29) is 6.04 Å². The molecule has 0 aliphatic rings.